The van der Waals surface area contributed by atoms with Crippen molar-refractivity contribution >= 4 is 11.5 Å². The van der Waals surface area contributed by atoms with Gasteiger partial charge in [0, 0.05) is 54.5 Å². The molecular weight excluding hydrogens is 346 g/mol. The summed E-state index contributed by atoms with van der Waals surface area (Å²) in [6, 6.07) is 15.2. The minimum absolute atomic E-state index is 0.505. The fourth-order valence-corrected chi connectivity index (χ4v) is 3.68. The van der Waals surface area contributed by atoms with E-state index in [1.54, 1.807) is 12.4 Å². The molecule has 0 bridgehead atoms. The average molecular weight is 374 g/mol. The molecule has 1 N–H and O–H groups in total. The zero-order chi connectivity index (χ0) is 19.3. The second kappa shape index (κ2) is 8.38. The van der Waals surface area contributed by atoms with Gasteiger partial charge >= 0.3 is 0 Å². The fourth-order valence-electron chi connectivity index (χ4n) is 3.68. The lowest BCUT2D eigenvalue weighted by atomic mass is 10.0. The maximum Gasteiger partial charge on any atom is 0.161 e. The molecule has 4 rings (SSSR count). The number of benzene rings is 1. The number of hydrogen-bond donors (Lipinski definition) is 1. The van der Waals surface area contributed by atoms with E-state index in [4.69, 9.17) is 9.97 Å². The smallest absolute Gasteiger partial charge is 0.161 e. The Morgan fingerprint density at radius 2 is 1.82 bits per heavy atom. The highest BCUT2D eigenvalue weighted by atomic mass is 15.2. The Bertz CT molecular complexity index is 917. The van der Waals surface area contributed by atoms with Crippen LogP contribution in [0.2, 0.25) is 0 Å². The van der Waals surface area contributed by atoms with Crippen molar-refractivity contribution in [2.75, 3.05) is 23.3 Å². The Morgan fingerprint density at radius 1 is 1.04 bits per heavy atom. The van der Waals surface area contributed by atoms with Gasteiger partial charge in [-0.25, -0.2) is 9.97 Å². The summed E-state index contributed by atoms with van der Waals surface area (Å²) in [6.45, 7) is 6.27. The molecule has 28 heavy (non-hydrogen) atoms. The molecule has 0 unspecified atom stereocenters. The molecule has 3 aromatic rings. The quantitative estimate of drug-likeness (QED) is 0.714. The van der Waals surface area contributed by atoms with Crippen LogP contribution in [0.25, 0.3) is 11.4 Å². The highest BCUT2D eigenvalue weighted by Gasteiger charge is 2.21. The number of aryl methyl sites for hydroxylation is 2. The topological polar surface area (TPSA) is 53.9 Å². The molecule has 5 heteroatoms. The third-order valence-electron chi connectivity index (χ3n) is 5.27. The van der Waals surface area contributed by atoms with Gasteiger partial charge < -0.3 is 10.2 Å². The molecule has 1 aliphatic rings. The zero-order valence-electron chi connectivity index (χ0n) is 16.6. The highest BCUT2D eigenvalue weighted by molar-refractivity contribution is 5.57. The largest absolute Gasteiger partial charge is 0.382 e. The number of anilines is 2. The van der Waals surface area contributed by atoms with E-state index in [-0.39, 0.29) is 0 Å². The van der Waals surface area contributed by atoms with E-state index in [0.717, 1.165) is 55.3 Å². The molecule has 1 aliphatic heterocycles. The van der Waals surface area contributed by atoms with Crippen LogP contribution in [0.4, 0.5) is 11.5 Å². The predicted octanol–water partition coefficient (Wildman–Crippen LogP) is 4.49. The molecule has 5 nitrogen and oxygen atoms in total. The van der Waals surface area contributed by atoms with Crippen molar-refractivity contribution in [2.24, 2.45) is 0 Å². The molecule has 0 spiro atoms. The van der Waals surface area contributed by atoms with Gasteiger partial charge in [-0.3, -0.25) is 4.98 Å². The summed E-state index contributed by atoms with van der Waals surface area (Å²) < 4.78 is 0. The van der Waals surface area contributed by atoms with Crippen molar-refractivity contribution in [3.05, 3.63) is 66.1 Å². The Hall–Kier alpha value is -2.95. The second-order valence-corrected chi connectivity index (χ2v) is 7.41. The Labute approximate surface area is 166 Å². The number of nitrogens with one attached hydrogen (secondary N) is 1. The lowest BCUT2D eigenvalue weighted by molar-refractivity contribution is 0.523. The molecule has 0 saturated carbocycles. The van der Waals surface area contributed by atoms with E-state index in [0.29, 0.717) is 6.04 Å². The molecule has 2 aromatic heterocycles. The van der Waals surface area contributed by atoms with Gasteiger partial charge in [0.05, 0.1) is 0 Å². The first-order chi connectivity index (χ1) is 13.7. The zero-order valence-corrected chi connectivity index (χ0v) is 16.6. The SMILES string of the molecule is CCc1cc(N2CCC(Nc3cccc(C)c3)CC2)nc(-c2ccncc2)n1. The molecule has 3 heterocycles. The Balaban J connectivity index is 1.47. The predicted molar refractivity (Wildman–Crippen MR) is 115 cm³/mol. The average Bonchev–Trinajstić information content (AvgIpc) is 2.74. The second-order valence-electron chi connectivity index (χ2n) is 7.41. The van der Waals surface area contributed by atoms with Crippen LogP contribution in [0.1, 0.15) is 31.0 Å². The number of rotatable bonds is 5. The minimum Gasteiger partial charge on any atom is -0.382 e. The maximum absolute atomic E-state index is 4.86. The summed E-state index contributed by atoms with van der Waals surface area (Å²) in [4.78, 5) is 16.1. The Morgan fingerprint density at radius 3 is 2.54 bits per heavy atom. The van der Waals surface area contributed by atoms with Crippen LogP contribution < -0.4 is 10.2 Å². The molecule has 0 atom stereocenters. The molecule has 1 aromatic carbocycles. The van der Waals surface area contributed by atoms with Crippen molar-refractivity contribution in [3.63, 3.8) is 0 Å². The normalized spacial score (nSPS) is 14.9. The monoisotopic (exact) mass is 373 g/mol. The van der Waals surface area contributed by atoms with Gasteiger partial charge in [0.1, 0.15) is 5.82 Å². The molecule has 1 fully saturated rings. The molecule has 144 valence electrons. The molecule has 1 saturated heterocycles. The third kappa shape index (κ3) is 4.30. The van der Waals surface area contributed by atoms with E-state index in [2.05, 4.69) is 59.4 Å². The standard InChI is InChI=1S/C23H27N5/c1-3-19-16-22(27-23(26-19)18-7-11-24-12-8-18)28-13-9-20(10-14-28)25-21-6-4-5-17(2)15-21/h4-8,11-12,15-16,20,25H,3,9-10,13-14H2,1-2H3. The van der Waals surface area contributed by atoms with Gasteiger partial charge in [0.15, 0.2) is 5.82 Å². The van der Waals surface area contributed by atoms with E-state index in [1.165, 1.54) is 11.3 Å². The molecular formula is C23H27N5. The van der Waals surface area contributed by atoms with Crippen LogP contribution >= 0.6 is 0 Å². The first-order valence-electron chi connectivity index (χ1n) is 10.1. The van der Waals surface area contributed by atoms with Gasteiger partial charge in [0.2, 0.25) is 0 Å². The van der Waals surface area contributed by atoms with Gasteiger partial charge in [0.25, 0.3) is 0 Å². The minimum atomic E-state index is 0.505. The summed E-state index contributed by atoms with van der Waals surface area (Å²) in [5.41, 5.74) is 4.60. The number of piperidine rings is 1. The van der Waals surface area contributed by atoms with Crippen molar-refractivity contribution in [3.8, 4) is 11.4 Å². The van der Waals surface area contributed by atoms with Crippen LogP contribution in [0.5, 0.6) is 0 Å². The van der Waals surface area contributed by atoms with Crippen LogP contribution in [0.15, 0.2) is 54.9 Å². The van der Waals surface area contributed by atoms with Gasteiger partial charge in [-0.1, -0.05) is 19.1 Å². The lowest BCUT2D eigenvalue weighted by Crippen LogP contribution is -2.39. The van der Waals surface area contributed by atoms with Crippen molar-refractivity contribution < 1.29 is 0 Å². The van der Waals surface area contributed by atoms with E-state index in [9.17, 15) is 0 Å². The number of aromatic nitrogens is 3. The molecule has 0 aliphatic carbocycles. The maximum atomic E-state index is 4.86. The lowest BCUT2D eigenvalue weighted by Gasteiger charge is -2.34. The molecule has 0 radical (unpaired) electrons. The van der Waals surface area contributed by atoms with Crippen LogP contribution in [0.3, 0.4) is 0 Å². The highest BCUT2D eigenvalue weighted by Crippen LogP contribution is 2.24. The summed E-state index contributed by atoms with van der Waals surface area (Å²) in [7, 11) is 0. The first-order valence-corrected chi connectivity index (χ1v) is 10.1. The summed E-state index contributed by atoms with van der Waals surface area (Å²) >= 11 is 0. The van der Waals surface area contributed by atoms with Crippen molar-refractivity contribution in [1.29, 1.82) is 0 Å². The summed E-state index contributed by atoms with van der Waals surface area (Å²) in [6.07, 6.45) is 6.69. The fraction of sp³-hybridized carbons (Fsp3) is 0.348. The summed E-state index contributed by atoms with van der Waals surface area (Å²) in [5, 5.41) is 3.69. The third-order valence-corrected chi connectivity index (χ3v) is 5.27. The number of nitrogens with zero attached hydrogens (tertiary/aromatic N) is 4. The number of hydrogen-bond acceptors (Lipinski definition) is 5. The Kier molecular flexibility index (Phi) is 5.51. The van der Waals surface area contributed by atoms with E-state index in [1.807, 2.05) is 12.1 Å². The molecule has 0 amide bonds. The van der Waals surface area contributed by atoms with Crippen LogP contribution in [0, 0.1) is 6.92 Å². The van der Waals surface area contributed by atoms with E-state index < -0.39 is 0 Å². The van der Waals surface area contributed by atoms with Gasteiger partial charge in [-0.2, -0.15) is 0 Å². The van der Waals surface area contributed by atoms with Crippen molar-refractivity contribution in [1.82, 2.24) is 15.0 Å². The first kappa shape index (κ1) is 18.4. The van der Waals surface area contributed by atoms with Crippen molar-refractivity contribution in [2.45, 2.75) is 39.2 Å². The number of pyridine rings is 1. The van der Waals surface area contributed by atoms with Crippen LogP contribution in [-0.4, -0.2) is 34.1 Å². The van der Waals surface area contributed by atoms with Crippen LogP contribution in [-0.2, 0) is 6.42 Å². The van der Waals surface area contributed by atoms with E-state index >= 15 is 0 Å². The summed E-state index contributed by atoms with van der Waals surface area (Å²) in [5.74, 6) is 1.82. The van der Waals surface area contributed by atoms with Gasteiger partial charge in [-0.05, 0) is 56.0 Å². The van der Waals surface area contributed by atoms with Gasteiger partial charge in [-0.15, -0.1) is 0 Å².